The number of nitrogens with zero attached hydrogens (tertiary/aromatic N) is 1. The number of carbonyl (C=O) groups excluding carboxylic acids is 1. The van der Waals surface area contributed by atoms with Gasteiger partial charge in [0.1, 0.15) is 5.69 Å². The first kappa shape index (κ1) is 14.0. The average Bonchev–Trinajstić information content (AvgIpc) is 2.40. The van der Waals surface area contributed by atoms with Gasteiger partial charge in [-0.05, 0) is 30.3 Å². The quantitative estimate of drug-likeness (QED) is 0.511. The highest BCUT2D eigenvalue weighted by atomic mass is 79.9. The topological polar surface area (TPSA) is 98.3 Å². The van der Waals surface area contributed by atoms with Gasteiger partial charge in [0.05, 0.1) is 4.92 Å². The van der Waals surface area contributed by atoms with Crippen molar-refractivity contribution in [3.05, 3.63) is 62.6 Å². The van der Waals surface area contributed by atoms with Crippen LogP contribution < -0.4 is 11.1 Å². The third-order valence-electron chi connectivity index (χ3n) is 2.55. The smallest absolute Gasteiger partial charge is 0.293 e. The van der Waals surface area contributed by atoms with Gasteiger partial charge in [-0.25, -0.2) is 0 Å². The summed E-state index contributed by atoms with van der Waals surface area (Å²) in [5, 5.41) is 13.5. The first-order valence-electron chi connectivity index (χ1n) is 5.58. The second-order valence-electron chi connectivity index (χ2n) is 4.00. The van der Waals surface area contributed by atoms with Crippen LogP contribution in [0.1, 0.15) is 10.4 Å². The molecule has 0 bridgehead atoms. The standard InChI is InChI=1S/C13H10BrN3O3/c14-9-4-5-11(12(7-9)17(19)20)16-13(18)8-2-1-3-10(15)6-8/h1-7H,15H2,(H,16,18). The fraction of sp³-hybridized carbons (Fsp3) is 0. The molecule has 3 N–H and O–H groups in total. The van der Waals surface area contributed by atoms with E-state index in [-0.39, 0.29) is 11.4 Å². The van der Waals surface area contributed by atoms with Crippen LogP contribution >= 0.6 is 15.9 Å². The molecule has 0 radical (unpaired) electrons. The van der Waals surface area contributed by atoms with Gasteiger partial charge in [-0.2, -0.15) is 0 Å². The van der Waals surface area contributed by atoms with Crippen molar-refractivity contribution in [2.45, 2.75) is 0 Å². The zero-order chi connectivity index (χ0) is 14.7. The van der Waals surface area contributed by atoms with Crippen LogP contribution in [0.25, 0.3) is 0 Å². The second kappa shape index (κ2) is 5.70. The van der Waals surface area contributed by atoms with Crippen LogP contribution in [0.15, 0.2) is 46.9 Å². The van der Waals surface area contributed by atoms with Crippen molar-refractivity contribution in [1.82, 2.24) is 0 Å². The molecule has 1 amide bonds. The Labute approximate surface area is 122 Å². The van der Waals surface area contributed by atoms with E-state index in [9.17, 15) is 14.9 Å². The van der Waals surface area contributed by atoms with Gasteiger partial charge in [0, 0.05) is 21.8 Å². The number of carbonyl (C=O) groups is 1. The molecule has 0 saturated carbocycles. The van der Waals surface area contributed by atoms with Gasteiger partial charge in [-0.1, -0.05) is 22.0 Å². The monoisotopic (exact) mass is 335 g/mol. The zero-order valence-corrected chi connectivity index (χ0v) is 11.8. The largest absolute Gasteiger partial charge is 0.399 e. The Balaban J connectivity index is 2.30. The normalized spacial score (nSPS) is 10.1. The highest BCUT2D eigenvalue weighted by Gasteiger charge is 2.17. The number of nitro groups is 1. The molecule has 20 heavy (non-hydrogen) atoms. The Morgan fingerprint density at radius 2 is 2.00 bits per heavy atom. The van der Waals surface area contributed by atoms with Crippen molar-refractivity contribution in [3.8, 4) is 0 Å². The molecule has 102 valence electrons. The third-order valence-corrected chi connectivity index (χ3v) is 3.05. The number of nitrogens with one attached hydrogen (secondary N) is 1. The van der Waals surface area contributed by atoms with Crippen LogP contribution in [0.5, 0.6) is 0 Å². The van der Waals surface area contributed by atoms with E-state index < -0.39 is 10.8 Å². The first-order valence-corrected chi connectivity index (χ1v) is 6.37. The maximum atomic E-state index is 12.0. The number of nitro benzene ring substituents is 1. The molecule has 0 aliphatic heterocycles. The van der Waals surface area contributed by atoms with Crippen LogP contribution in [0.2, 0.25) is 0 Å². The molecule has 0 fully saturated rings. The van der Waals surface area contributed by atoms with Gasteiger partial charge >= 0.3 is 0 Å². The molecule has 0 aliphatic rings. The zero-order valence-electron chi connectivity index (χ0n) is 10.2. The minimum absolute atomic E-state index is 0.130. The number of benzene rings is 2. The first-order chi connectivity index (χ1) is 9.47. The molecule has 0 atom stereocenters. The number of anilines is 2. The minimum atomic E-state index is -0.556. The van der Waals surface area contributed by atoms with Crippen LogP contribution in [-0.2, 0) is 0 Å². The van der Waals surface area contributed by atoms with Crippen LogP contribution in [0, 0.1) is 10.1 Å². The summed E-state index contributed by atoms with van der Waals surface area (Å²) in [6.45, 7) is 0. The Kier molecular flexibility index (Phi) is 3.99. The lowest BCUT2D eigenvalue weighted by Gasteiger charge is -2.07. The summed E-state index contributed by atoms with van der Waals surface area (Å²) in [7, 11) is 0. The van der Waals surface area contributed by atoms with Crippen LogP contribution in [0.3, 0.4) is 0 Å². The molecule has 0 aliphatic carbocycles. The number of nitrogens with two attached hydrogens (primary N) is 1. The molecular formula is C13H10BrN3O3. The number of nitrogen functional groups attached to an aromatic ring is 1. The Bertz CT molecular complexity index is 688. The highest BCUT2D eigenvalue weighted by Crippen LogP contribution is 2.28. The van der Waals surface area contributed by atoms with E-state index in [1.807, 2.05) is 0 Å². The number of amides is 1. The maximum absolute atomic E-state index is 12.0. The fourth-order valence-electron chi connectivity index (χ4n) is 1.64. The Morgan fingerprint density at radius 3 is 2.65 bits per heavy atom. The Morgan fingerprint density at radius 1 is 1.25 bits per heavy atom. The van der Waals surface area contributed by atoms with Crippen molar-refractivity contribution in [3.63, 3.8) is 0 Å². The SMILES string of the molecule is Nc1cccc(C(=O)Nc2ccc(Br)cc2[N+](=O)[O-])c1. The van der Waals surface area contributed by atoms with E-state index in [1.54, 1.807) is 24.3 Å². The van der Waals surface area contributed by atoms with Gasteiger partial charge in [-0.15, -0.1) is 0 Å². The lowest BCUT2D eigenvalue weighted by atomic mass is 10.2. The summed E-state index contributed by atoms with van der Waals surface area (Å²) in [5.74, 6) is -0.456. The summed E-state index contributed by atoms with van der Waals surface area (Å²) >= 11 is 3.15. The molecule has 0 unspecified atom stereocenters. The fourth-order valence-corrected chi connectivity index (χ4v) is 1.98. The van der Waals surface area contributed by atoms with E-state index >= 15 is 0 Å². The molecular weight excluding hydrogens is 326 g/mol. The number of hydrogen-bond acceptors (Lipinski definition) is 4. The summed E-state index contributed by atoms with van der Waals surface area (Å²) in [6.07, 6.45) is 0. The molecule has 0 heterocycles. The molecule has 0 saturated heterocycles. The van der Waals surface area contributed by atoms with Gasteiger partial charge in [0.15, 0.2) is 0 Å². The second-order valence-corrected chi connectivity index (χ2v) is 4.91. The maximum Gasteiger partial charge on any atom is 0.293 e. The molecule has 0 spiro atoms. The Hall–Kier alpha value is -2.41. The predicted molar refractivity (Wildman–Crippen MR) is 79.6 cm³/mol. The van der Waals surface area contributed by atoms with Crippen molar-refractivity contribution >= 4 is 38.9 Å². The van der Waals surface area contributed by atoms with E-state index in [2.05, 4.69) is 21.2 Å². The summed E-state index contributed by atoms with van der Waals surface area (Å²) in [4.78, 5) is 22.4. The van der Waals surface area contributed by atoms with E-state index in [1.165, 1.54) is 18.2 Å². The summed E-state index contributed by atoms with van der Waals surface area (Å²) < 4.78 is 0.561. The number of hydrogen-bond donors (Lipinski definition) is 2. The minimum Gasteiger partial charge on any atom is -0.399 e. The molecule has 7 heteroatoms. The average molecular weight is 336 g/mol. The summed E-state index contributed by atoms with van der Waals surface area (Å²) in [6, 6.07) is 10.8. The third kappa shape index (κ3) is 3.12. The predicted octanol–water partition coefficient (Wildman–Crippen LogP) is 3.19. The van der Waals surface area contributed by atoms with Gasteiger partial charge < -0.3 is 11.1 Å². The molecule has 2 rings (SSSR count). The number of halogens is 1. The summed E-state index contributed by atoms with van der Waals surface area (Å²) in [5.41, 5.74) is 6.32. The molecule has 6 nitrogen and oxygen atoms in total. The van der Waals surface area contributed by atoms with E-state index in [0.29, 0.717) is 15.7 Å². The molecule has 2 aromatic rings. The van der Waals surface area contributed by atoms with Gasteiger partial charge in [0.2, 0.25) is 0 Å². The lowest BCUT2D eigenvalue weighted by molar-refractivity contribution is -0.384. The van der Waals surface area contributed by atoms with Crippen molar-refractivity contribution in [1.29, 1.82) is 0 Å². The van der Waals surface area contributed by atoms with E-state index in [4.69, 9.17) is 5.73 Å². The van der Waals surface area contributed by atoms with Crippen molar-refractivity contribution in [2.24, 2.45) is 0 Å². The van der Waals surface area contributed by atoms with Crippen LogP contribution in [0.4, 0.5) is 17.1 Å². The van der Waals surface area contributed by atoms with Gasteiger partial charge in [0.25, 0.3) is 11.6 Å². The molecule has 0 aromatic heterocycles. The van der Waals surface area contributed by atoms with Gasteiger partial charge in [-0.3, -0.25) is 14.9 Å². The van der Waals surface area contributed by atoms with Crippen LogP contribution in [-0.4, -0.2) is 10.8 Å². The lowest BCUT2D eigenvalue weighted by Crippen LogP contribution is -2.13. The molecule has 2 aromatic carbocycles. The van der Waals surface area contributed by atoms with E-state index in [0.717, 1.165) is 0 Å². The van der Waals surface area contributed by atoms with Crippen molar-refractivity contribution in [2.75, 3.05) is 11.1 Å². The number of rotatable bonds is 3. The highest BCUT2D eigenvalue weighted by molar-refractivity contribution is 9.10. The van der Waals surface area contributed by atoms with Crippen molar-refractivity contribution < 1.29 is 9.72 Å².